The number of thiol groups is 1. The molecule has 1 aliphatic heterocycles. The van der Waals surface area contributed by atoms with E-state index >= 15 is 0 Å². The van der Waals surface area contributed by atoms with Crippen LogP contribution >= 0.6 is 12.6 Å². The quantitative estimate of drug-likeness (QED) is 0.718. The lowest BCUT2D eigenvalue weighted by atomic mass is 10.3. The maximum absolute atomic E-state index is 11.0. The van der Waals surface area contributed by atoms with Gasteiger partial charge in [-0.2, -0.15) is 0 Å². The molecule has 1 aliphatic rings. The van der Waals surface area contributed by atoms with E-state index in [1.54, 1.807) is 4.90 Å². The van der Waals surface area contributed by atoms with Crippen LogP contribution in [0.5, 0.6) is 0 Å². The lowest BCUT2D eigenvalue weighted by Gasteiger charge is -2.34. The summed E-state index contributed by atoms with van der Waals surface area (Å²) in [7, 11) is 2.13. The van der Waals surface area contributed by atoms with E-state index in [9.17, 15) is 4.79 Å². The third-order valence-corrected chi connectivity index (χ3v) is 3.26. The highest BCUT2D eigenvalue weighted by molar-refractivity contribution is 7.96. The van der Waals surface area contributed by atoms with Crippen molar-refractivity contribution in [3.8, 4) is 0 Å². The SMILES string of the molecule is CCN(C)CCN1CCN(C(=O)S)CC1. The average Bonchev–Trinajstić information content (AvgIpc) is 2.26. The zero-order chi connectivity index (χ0) is 11.3. The molecular weight excluding hydrogens is 210 g/mol. The van der Waals surface area contributed by atoms with Crippen molar-refractivity contribution < 1.29 is 4.79 Å². The van der Waals surface area contributed by atoms with Crippen molar-refractivity contribution >= 4 is 17.9 Å². The predicted molar refractivity (Wildman–Crippen MR) is 65.6 cm³/mol. The lowest BCUT2D eigenvalue weighted by molar-refractivity contribution is 0.144. The van der Waals surface area contributed by atoms with Gasteiger partial charge in [0.25, 0.3) is 5.24 Å². The molecule has 1 rings (SSSR count). The van der Waals surface area contributed by atoms with Crippen molar-refractivity contribution in [2.45, 2.75) is 6.92 Å². The minimum atomic E-state index is -0.0969. The molecule has 0 aromatic carbocycles. The fourth-order valence-corrected chi connectivity index (χ4v) is 1.83. The third-order valence-electron chi connectivity index (χ3n) is 2.98. The number of hydrogen-bond donors (Lipinski definition) is 1. The van der Waals surface area contributed by atoms with Crippen molar-refractivity contribution in [1.82, 2.24) is 14.7 Å². The Morgan fingerprint density at radius 2 is 1.93 bits per heavy atom. The van der Waals surface area contributed by atoms with Crippen molar-refractivity contribution in [1.29, 1.82) is 0 Å². The number of rotatable bonds is 4. The van der Waals surface area contributed by atoms with E-state index in [2.05, 4.69) is 36.4 Å². The number of amides is 1. The molecule has 4 nitrogen and oxygen atoms in total. The number of hydrogen-bond acceptors (Lipinski definition) is 3. The van der Waals surface area contributed by atoms with Crippen LogP contribution in [0.1, 0.15) is 6.92 Å². The van der Waals surface area contributed by atoms with Gasteiger partial charge in [-0.25, -0.2) is 0 Å². The van der Waals surface area contributed by atoms with Crippen molar-refractivity contribution in [3.63, 3.8) is 0 Å². The molecule has 0 saturated carbocycles. The molecule has 0 bridgehead atoms. The molecule has 0 atom stereocenters. The molecule has 88 valence electrons. The van der Waals surface area contributed by atoms with Gasteiger partial charge < -0.3 is 9.80 Å². The summed E-state index contributed by atoms with van der Waals surface area (Å²) in [6.07, 6.45) is 0. The molecule has 0 unspecified atom stereocenters. The van der Waals surface area contributed by atoms with E-state index in [0.717, 1.165) is 45.8 Å². The van der Waals surface area contributed by atoms with Crippen LogP contribution in [0.15, 0.2) is 0 Å². The van der Waals surface area contributed by atoms with Gasteiger partial charge in [-0.15, -0.1) is 0 Å². The van der Waals surface area contributed by atoms with Crippen LogP contribution in [0.25, 0.3) is 0 Å². The topological polar surface area (TPSA) is 26.8 Å². The summed E-state index contributed by atoms with van der Waals surface area (Å²) >= 11 is 3.83. The Morgan fingerprint density at radius 1 is 1.33 bits per heavy atom. The highest BCUT2D eigenvalue weighted by Gasteiger charge is 2.18. The Kier molecular flexibility index (Phi) is 5.42. The fourth-order valence-electron chi connectivity index (χ4n) is 1.63. The molecule has 5 heteroatoms. The third kappa shape index (κ3) is 4.40. The van der Waals surface area contributed by atoms with Gasteiger partial charge in [0.1, 0.15) is 0 Å². The van der Waals surface area contributed by atoms with E-state index in [1.165, 1.54) is 0 Å². The molecule has 1 fully saturated rings. The number of likely N-dealkylation sites (N-methyl/N-ethyl adjacent to an activating group) is 1. The zero-order valence-electron chi connectivity index (χ0n) is 9.65. The molecule has 0 aliphatic carbocycles. The second kappa shape index (κ2) is 6.35. The highest BCUT2D eigenvalue weighted by atomic mass is 32.1. The van der Waals surface area contributed by atoms with E-state index in [1.807, 2.05) is 0 Å². The van der Waals surface area contributed by atoms with Gasteiger partial charge in [-0.05, 0) is 13.6 Å². The molecule has 1 amide bonds. The summed E-state index contributed by atoms with van der Waals surface area (Å²) in [5.41, 5.74) is 0. The second-order valence-electron chi connectivity index (χ2n) is 4.01. The van der Waals surface area contributed by atoms with E-state index in [4.69, 9.17) is 0 Å². The van der Waals surface area contributed by atoms with Gasteiger partial charge in [0.2, 0.25) is 0 Å². The van der Waals surface area contributed by atoms with Crippen LogP contribution in [-0.2, 0) is 0 Å². The summed E-state index contributed by atoms with van der Waals surface area (Å²) in [5.74, 6) is 0. The van der Waals surface area contributed by atoms with Crippen LogP contribution < -0.4 is 0 Å². The maximum atomic E-state index is 11.0. The first-order valence-corrected chi connectivity index (χ1v) is 5.97. The van der Waals surface area contributed by atoms with Crippen molar-refractivity contribution in [3.05, 3.63) is 0 Å². The van der Waals surface area contributed by atoms with Crippen molar-refractivity contribution in [2.24, 2.45) is 0 Å². The second-order valence-corrected chi connectivity index (χ2v) is 4.39. The highest BCUT2D eigenvalue weighted by Crippen LogP contribution is 2.04. The van der Waals surface area contributed by atoms with Gasteiger partial charge in [0.05, 0.1) is 0 Å². The van der Waals surface area contributed by atoms with E-state index < -0.39 is 0 Å². The molecular formula is C10H21N3OS. The molecule has 0 N–H and O–H groups in total. The predicted octanol–water partition coefficient (Wildman–Crippen LogP) is 0.605. The van der Waals surface area contributed by atoms with E-state index in [-0.39, 0.29) is 5.24 Å². The molecule has 0 aromatic rings. The van der Waals surface area contributed by atoms with Crippen LogP contribution in [0.4, 0.5) is 4.79 Å². The lowest BCUT2D eigenvalue weighted by Crippen LogP contribution is -2.48. The summed E-state index contributed by atoms with van der Waals surface area (Å²) in [4.78, 5) is 17.5. The van der Waals surface area contributed by atoms with E-state index in [0.29, 0.717) is 0 Å². The Labute approximate surface area is 97.6 Å². The zero-order valence-corrected chi connectivity index (χ0v) is 10.5. The first kappa shape index (κ1) is 12.8. The molecule has 0 spiro atoms. The molecule has 0 radical (unpaired) electrons. The smallest absolute Gasteiger partial charge is 0.278 e. The first-order chi connectivity index (χ1) is 7.13. The number of nitrogens with zero attached hydrogens (tertiary/aromatic N) is 3. The molecule has 15 heavy (non-hydrogen) atoms. The minimum absolute atomic E-state index is 0.0969. The van der Waals surface area contributed by atoms with Gasteiger partial charge in [-0.3, -0.25) is 9.69 Å². The molecule has 1 saturated heterocycles. The maximum Gasteiger partial charge on any atom is 0.278 e. The number of carbonyl (C=O) groups excluding carboxylic acids is 1. The standard InChI is InChI=1S/C10H21N3OS/c1-3-11(2)4-5-12-6-8-13(9-7-12)10(14)15/h3-9H2,1-2H3,(H,14,15). The largest absolute Gasteiger partial charge is 0.331 e. The Morgan fingerprint density at radius 3 is 2.40 bits per heavy atom. The minimum Gasteiger partial charge on any atom is -0.331 e. The first-order valence-electron chi connectivity index (χ1n) is 5.52. The number of carbonyl (C=O) groups is 1. The van der Waals surface area contributed by atoms with Gasteiger partial charge in [-0.1, -0.05) is 19.6 Å². The number of piperazine rings is 1. The average molecular weight is 231 g/mol. The van der Waals surface area contributed by atoms with Gasteiger partial charge in [0, 0.05) is 39.3 Å². The summed E-state index contributed by atoms with van der Waals surface area (Å²) in [5, 5.41) is -0.0969. The van der Waals surface area contributed by atoms with Gasteiger partial charge in [0.15, 0.2) is 0 Å². The molecule has 1 heterocycles. The van der Waals surface area contributed by atoms with Gasteiger partial charge >= 0.3 is 0 Å². The molecule has 0 aromatic heterocycles. The summed E-state index contributed by atoms with van der Waals surface area (Å²) in [6, 6.07) is 0. The Bertz CT molecular complexity index is 205. The fraction of sp³-hybridized carbons (Fsp3) is 0.900. The summed E-state index contributed by atoms with van der Waals surface area (Å²) < 4.78 is 0. The van der Waals surface area contributed by atoms with Crippen LogP contribution in [0, 0.1) is 0 Å². The summed E-state index contributed by atoms with van der Waals surface area (Å²) in [6.45, 7) is 9.04. The Hall–Kier alpha value is -0.260. The van der Waals surface area contributed by atoms with Crippen LogP contribution in [0.3, 0.4) is 0 Å². The normalized spacial score (nSPS) is 18.5. The van der Waals surface area contributed by atoms with Crippen LogP contribution in [-0.4, -0.2) is 72.8 Å². The van der Waals surface area contributed by atoms with Crippen molar-refractivity contribution in [2.75, 3.05) is 52.9 Å². The Balaban J connectivity index is 2.17. The monoisotopic (exact) mass is 231 g/mol. The van der Waals surface area contributed by atoms with Crippen LogP contribution in [0.2, 0.25) is 0 Å².